The van der Waals surface area contributed by atoms with Crippen LogP contribution in [-0.2, 0) is 29.0 Å². The number of aryl methyl sites for hydroxylation is 2. The van der Waals surface area contributed by atoms with Crippen molar-refractivity contribution in [2.45, 2.75) is 78.1 Å². The van der Waals surface area contributed by atoms with Crippen LogP contribution in [-0.4, -0.2) is 64.7 Å². The summed E-state index contributed by atoms with van der Waals surface area (Å²) in [5.74, 6) is 0.196. The zero-order chi connectivity index (χ0) is 23.8. The molecule has 1 N–H and O–H groups in total. The van der Waals surface area contributed by atoms with Gasteiger partial charge in [-0.2, -0.15) is 0 Å². The van der Waals surface area contributed by atoms with E-state index in [-0.39, 0.29) is 19.5 Å². The standard InChI is InChI=1S/C26H38N4O3.H2/c1-18-6-7-22-20(16-18)21-17-28(5)12-10-23(21)30(22)15-11-24(31)29-13-8-19(9-14-29)27-25(32)33-26(2,3)4;/h6-7,16,19H,8-15,17H2,1-5H3,(H,27,32);1H. The Kier molecular flexibility index (Phi) is 6.71. The largest absolute Gasteiger partial charge is 0.444 e. The Bertz CT molecular complexity index is 1030. The summed E-state index contributed by atoms with van der Waals surface area (Å²) in [6.45, 7) is 11.8. The maximum Gasteiger partial charge on any atom is 0.407 e. The summed E-state index contributed by atoms with van der Waals surface area (Å²) in [5.41, 5.74) is 4.82. The van der Waals surface area contributed by atoms with Gasteiger partial charge in [0.15, 0.2) is 0 Å². The van der Waals surface area contributed by atoms with Gasteiger partial charge in [-0.3, -0.25) is 4.79 Å². The fourth-order valence-corrected chi connectivity index (χ4v) is 5.07. The number of piperidine rings is 1. The van der Waals surface area contributed by atoms with E-state index < -0.39 is 5.60 Å². The van der Waals surface area contributed by atoms with Crippen molar-refractivity contribution in [1.29, 1.82) is 0 Å². The number of hydrogen-bond donors (Lipinski definition) is 1. The van der Waals surface area contributed by atoms with Crippen molar-refractivity contribution in [3.05, 3.63) is 35.0 Å². The number of nitrogens with zero attached hydrogens (tertiary/aromatic N) is 3. The lowest BCUT2D eigenvalue weighted by Crippen LogP contribution is -2.47. The van der Waals surface area contributed by atoms with E-state index in [1.165, 1.54) is 27.7 Å². The van der Waals surface area contributed by atoms with E-state index in [1.807, 2.05) is 25.7 Å². The zero-order valence-electron chi connectivity index (χ0n) is 20.7. The molecule has 2 amide bonds. The number of benzene rings is 1. The number of rotatable bonds is 4. The second-order valence-electron chi connectivity index (χ2n) is 10.6. The minimum absolute atomic E-state index is 0. The van der Waals surface area contributed by atoms with Gasteiger partial charge in [-0.25, -0.2) is 4.79 Å². The zero-order valence-corrected chi connectivity index (χ0v) is 20.7. The number of hydrogen-bond acceptors (Lipinski definition) is 4. The van der Waals surface area contributed by atoms with E-state index in [4.69, 9.17) is 4.74 Å². The van der Waals surface area contributed by atoms with E-state index in [0.717, 1.165) is 32.4 Å². The number of ether oxygens (including phenoxy) is 1. The number of nitrogens with one attached hydrogen (secondary N) is 1. The van der Waals surface area contributed by atoms with Crippen LogP contribution in [0.5, 0.6) is 0 Å². The molecule has 7 heteroatoms. The van der Waals surface area contributed by atoms with Gasteiger partial charge in [0, 0.05) is 69.6 Å². The number of alkyl carbamates (subject to hydrolysis) is 1. The normalized spacial score (nSPS) is 17.8. The summed E-state index contributed by atoms with van der Waals surface area (Å²) in [5, 5.41) is 4.28. The third-order valence-corrected chi connectivity index (χ3v) is 6.72. The van der Waals surface area contributed by atoms with Gasteiger partial charge >= 0.3 is 6.09 Å². The molecule has 0 bridgehead atoms. The molecule has 33 heavy (non-hydrogen) atoms. The van der Waals surface area contributed by atoms with Crippen LogP contribution < -0.4 is 5.32 Å². The Labute approximate surface area is 198 Å². The first-order chi connectivity index (χ1) is 15.6. The Morgan fingerprint density at radius 3 is 2.61 bits per heavy atom. The van der Waals surface area contributed by atoms with E-state index in [2.05, 4.69) is 47.0 Å². The first-order valence-electron chi connectivity index (χ1n) is 12.2. The smallest absolute Gasteiger partial charge is 0.407 e. The maximum absolute atomic E-state index is 13.0. The minimum Gasteiger partial charge on any atom is -0.444 e. The minimum atomic E-state index is -0.503. The molecule has 2 aliphatic heterocycles. The van der Waals surface area contributed by atoms with Crippen LogP contribution >= 0.6 is 0 Å². The van der Waals surface area contributed by atoms with Crippen LogP contribution in [0.2, 0.25) is 0 Å². The Morgan fingerprint density at radius 1 is 1.18 bits per heavy atom. The second-order valence-corrected chi connectivity index (χ2v) is 10.6. The molecule has 1 aromatic carbocycles. The van der Waals surface area contributed by atoms with Crippen LogP contribution in [0.15, 0.2) is 18.2 Å². The third-order valence-electron chi connectivity index (χ3n) is 6.72. The molecule has 182 valence electrons. The van der Waals surface area contributed by atoms with Gasteiger partial charge in [-0.15, -0.1) is 0 Å². The van der Waals surface area contributed by atoms with Crippen LogP contribution in [0.1, 0.15) is 58.3 Å². The highest BCUT2D eigenvalue weighted by atomic mass is 16.6. The molecule has 2 aromatic rings. The summed E-state index contributed by atoms with van der Waals surface area (Å²) < 4.78 is 7.73. The molecule has 0 radical (unpaired) electrons. The molecular formula is C26H40N4O3. The van der Waals surface area contributed by atoms with Crippen LogP contribution in [0.3, 0.4) is 0 Å². The van der Waals surface area contributed by atoms with Crippen molar-refractivity contribution in [2.24, 2.45) is 0 Å². The topological polar surface area (TPSA) is 66.8 Å². The van der Waals surface area contributed by atoms with Gasteiger partial charge in [0.2, 0.25) is 5.91 Å². The molecule has 0 saturated carbocycles. The van der Waals surface area contributed by atoms with E-state index in [9.17, 15) is 9.59 Å². The molecule has 1 saturated heterocycles. The predicted molar refractivity (Wildman–Crippen MR) is 132 cm³/mol. The molecular weight excluding hydrogens is 416 g/mol. The summed E-state index contributed by atoms with van der Waals surface area (Å²) in [6.07, 6.45) is 2.67. The van der Waals surface area contributed by atoms with Crippen molar-refractivity contribution < 1.29 is 15.8 Å². The lowest BCUT2D eigenvalue weighted by Gasteiger charge is -2.33. The molecule has 0 spiro atoms. The Hall–Kier alpha value is -2.54. The number of amides is 2. The van der Waals surface area contributed by atoms with E-state index in [0.29, 0.717) is 26.1 Å². The third kappa shape index (κ3) is 5.52. The molecule has 4 rings (SSSR count). The molecule has 2 aliphatic rings. The molecule has 0 aliphatic carbocycles. The molecule has 0 atom stereocenters. The van der Waals surface area contributed by atoms with Gasteiger partial charge < -0.3 is 24.4 Å². The average Bonchev–Trinajstić information content (AvgIpc) is 3.03. The van der Waals surface area contributed by atoms with Crippen molar-refractivity contribution >= 4 is 22.9 Å². The fraction of sp³-hybridized carbons (Fsp3) is 0.615. The average molecular weight is 457 g/mol. The van der Waals surface area contributed by atoms with Crippen molar-refractivity contribution in [3.63, 3.8) is 0 Å². The number of carbonyl (C=O) groups is 2. The van der Waals surface area contributed by atoms with Gasteiger partial charge in [0.1, 0.15) is 5.60 Å². The highest BCUT2D eigenvalue weighted by Gasteiger charge is 2.27. The summed E-state index contributed by atoms with van der Waals surface area (Å²) in [7, 11) is 2.17. The van der Waals surface area contributed by atoms with Crippen molar-refractivity contribution in [2.75, 3.05) is 26.7 Å². The number of aromatic nitrogens is 1. The highest BCUT2D eigenvalue weighted by Crippen LogP contribution is 2.31. The van der Waals surface area contributed by atoms with Gasteiger partial charge in [-0.1, -0.05) is 11.6 Å². The van der Waals surface area contributed by atoms with Crippen LogP contribution in [0.25, 0.3) is 10.9 Å². The predicted octanol–water partition coefficient (Wildman–Crippen LogP) is 4.09. The van der Waals surface area contributed by atoms with Gasteiger partial charge in [0.05, 0.1) is 0 Å². The molecule has 3 heterocycles. The van der Waals surface area contributed by atoms with Crippen molar-refractivity contribution in [1.82, 2.24) is 19.7 Å². The summed E-state index contributed by atoms with van der Waals surface area (Å²) >= 11 is 0. The number of likely N-dealkylation sites (N-methyl/N-ethyl adjacent to an activating group) is 1. The number of carbonyl (C=O) groups excluding carboxylic acids is 2. The Morgan fingerprint density at radius 2 is 1.91 bits per heavy atom. The molecule has 7 nitrogen and oxygen atoms in total. The summed E-state index contributed by atoms with van der Waals surface area (Å²) in [4.78, 5) is 29.4. The molecule has 1 aromatic heterocycles. The van der Waals surface area contributed by atoms with Gasteiger partial charge in [0.25, 0.3) is 0 Å². The maximum atomic E-state index is 13.0. The van der Waals surface area contributed by atoms with Crippen LogP contribution in [0.4, 0.5) is 4.79 Å². The number of fused-ring (bicyclic) bond motifs is 3. The lowest BCUT2D eigenvalue weighted by molar-refractivity contribution is -0.132. The van der Waals surface area contributed by atoms with E-state index in [1.54, 1.807) is 0 Å². The van der Waals surface area contributed by atoms with E-state index >= 15 is 0 Å². The monoisotopic (exact) mass is 456 g/mol. The quantitative estimate of drug-likeness (QED) is 0.753. The summed E-state index contributed by atoms with van der Waals surface area (Å²) in [6, 6.07) is 6.72. The Balaban J connectivity index is 0.00000324. The first kappa shape index (κ1) is 23.6. The fourth-order valence-electron chi connectivity index (χ4n) is 5.07. The second kappa shape index (κ2) is 9.37. The molecule has 0 unspecified atom stereocenters. The van der Waals surface area contributed by atoms with Crippen LogP contribution in [0, 0.1) is 6.92 Å². The SMILES string of the molecule is Cc1ccc2c(c1)c1c(n2CCC(=O)N2CCC(NC(=O)OC(C)(C)C)CC2)CCN(C)C1.[HH]. The van der Waals surface area contributed by atoms with Crippen molar-refractivity contribution in [3.8, 4) is 0 Å². The molecule has 1 fully saturated rings. The lowest BCUT2D eigenvalue weighted by atomic mass is 10.0. The van der Waals surface area contributed by atoms with Gasteiger partial charge in [-0.05, 0) is 65.3 Å². The highest BCUT2D eigenvalue weighted by molar-refractivity contribution is 5.87. The first-order valence-corrected chi connectivity index (χ1v) is 12.2. The number of likely N-dealkylation sites (tertiary alicyclic amines) is 1.